The number of aliphatic carboxylic acids is 1. The highest BCUT2D eigenvalue weighted by atomic mass is 32.2. The fraction of sp³-hybridized carbons (Fsp3) is 0.318. The minimum absolute atomic E-state index is 0.230. The molecule has 156 valence electrons. The van der Waals surface area contributed by atoms with Crippen LogP contribution >= 0.6 is 23.1 Å². The molecule has 3 aromatic rings. The summed E-state index contributed by atoms with van der Waals surface area (Å²) >= 11 is 3.06. The van der Waals surface area contributed by atoms with Crippen LogP contribution in [0.25, 0.3) is 10.2 Å². The smallest absolute Gasteiger partial charge is 0.307 e. The largest absolute Gasteiger partial charge is 0.481 e. The fourth-order valence-corrected chi connectivity index (χ4v) is 5.84. The second kappa shape index (κ2) is 9.14. The summed E-state index contributed by atoms with van der Waals surface area (Å²) in [5, 5.41) is 12.3. The predicted molar refractivity (Wildman–Crippen MR) is 117 cm³/mol. The van der Waals surface area contributed by atoms with Gasteiger partial charge in [0.25, 0.3) is 0 Å². The van der Waals surface area contributed by atoms with Crippen molar-refractivity contribution in [2.24, 2.45) is 11.8 Å². The van der Waals surface area contributed by atoms with Gasteiger partial charge in [-0.2, -0.15) is 0 Å². The normalized spacial score (nSPS) is 19.0. The van der Waals surface area contributed by atoms with Crippen molar-refractivity contribution in [3.63, 3.8) is 0 Å². The average molecular weight is 445 g/mol. The Balaban J connectivity index is 1.44. The van der Waals surface area contributed by atoms with E-state index in [4.69, 9.17) is 0 Å². The Hall–Kier alpha value is -2.45. The molecule has 2 atom stereocenters. The van der Waals surface area contributed by atoms with Gasteiger partial charge in [0.05, 0.1) is 22.1 Å². The lowest BCUT2D eigenvalue weighted by Crippen LogP contribution is -2.36. The first-order valence-electron chi connectivity index (χ1n) is 9.81. The molecule has 0 bridgehead atoms. The summed E-state index contributed by atoms with van der Waals surface area (Å²) in [7, 11) is 0. The molecule has 2 N–H and O–H groups in total. The van der Waals surface area contributed by atoms with Crippen LogP contribution in [-0.4, -0.2) is 22.0 Å². The van der Waals surface area contributed by atoms with E-state index >= 15 is 0 Å². The maximum atomic E-state index is 13.3. The van der Waals surface area contributed by atoms with Gasteiger partial charge in [-0.25, -0.2) is 9.37 Å². The molecule has 30 heavy (non-hydrogen) atoms. The molecule has 4 rings (SSSR count). The van der Waals surface area contributed by atoms with Crippen molar-refractivity contribution in [3.05, 3.63) is 53.8 Å². The molecule has 0 unspecified atom stereocenters. The number of carbonyl (C=O) groups is 2. The summed E-state index contributed by atoms with van der Waals surface area (Å²) in [6, 6.07) is 12.0. The van der Waals surface area contributed by atoms with Gasteiger partial charge in [-0.15, -0.1) is 11.3 Å². The average Bonchev–Trinajstić information content (AvgIpc) is 3.14. The number of nitrogens with one attached hydrogen (secondary N) is 1. The Morgan fingerprint density at radius 1 is 1.17 bits per heavy atom. The molecule has 0 saturated heterocycles. The molecule has 0 spiro atoms. The Bertz CT molecular complexity index is 1090. The number of halogens is 1. The minimum atomic E-state index is -0.896. The number of thiazole rings is 1. The Morgan fingerprint density at radius 2 is 1.97 bits per heavy atom. The van der Waals surface area contributed by atoms with Gasteiger partial charge in [0.15, 0.2) is 4.34 Å². The van der Waals surface area contributed by atoms with Crippen LogP contribution < -0.4 is 5.32 Å². The number of thioether (sulfide) groups is 1. The lowest BCUT2D eigenvalue weighted by molar-refractivity contribution is -0.147. The number of carboxylic acid groups (broad SMARTS) is 1. The zero-order valence-electron chi connectivity index (χ0n) is 16.1. The summed E-state index contributed by atoms with van der Waals surface area (Å²) in [4.78, 5) is 28.8. The number of benzene rings is 2. The lowest BCUT2D eigenvalue weighted by atomic mass is 9.78. The van der Waals surface area contributed by atoms with Crippen LogP contribution in [0.1, 0.15) is 31.2 Å². The zero-order chi connectivity index (χ0) is 21.1. The second-order valence-electron chi connectivity index (χ2n) is 7.41. The van der Waals surface area contributed by atoms with Crippen molar-refractivity contribution in [3.8, 4) is 0 Å². The van der Waals surface area contributed by atoms with Gasteiger partial charge in [-0.1, -0.05) is 36.7 Å². The number of aromatic nitrogens is 1. The standard InChI is InChI=1S/C22H21FN2O3S2/c23-14-5-3-4-13(10-14)12-29-22-25-18-9-8-15(11-19(18)30-22)24-20(26)16-6-1-2-7-17(16)21(27)28/h3-5,8-11,16-17H,1-2,6-7,12H2,(H,24,26)(H,27,28)/t16-,17+/m1/s1. The molecular weight excluding hydrogens is 423 g/mol. The van der Waals surface area contributed by atoms with E-state index in [9.17, 15) is 19.1 Å². The molecular formula is C22H21FN2O3S2. The van der Waals surface area contributed by atoms with Gasteiger partial charge >= 0.3 is 5.97 Å². The summed E-state index contributed by atoms with van der Waals surface area (Å²) in [6.07, 6.45) is 2.88. The first-order chi connectivity index (χ1) is 14.5. The Morgan fingerprint density at radius 3 is 2.73 bits per heavy atom. The van der Waals surface area contributed by atoms with Crippen LogP contribution in [0.2, 0.25) is 0 Å². The third-order valence-corrected chi connectivity index (χ3v) is 7.54. The van der Waals surface area contributed by atoms with Crippen LogP contribution in [0.3, 0.4) is 0 Å². The Labute approximate surface area is 181 Å². The highest BCUT2D eigenvalue weighted by Gasteiger charge is 2.35. The molecule has 1 aliphatic carbocycles. The van der Waals surface area contributed by atoms with Crippen molar-refractivity contribution in [2.45, 2.75) is 35.8 Å². The third kappa shape index (κ3) is 4.82. The summed E-state index contributed by atoms with van der Waals surface area (Å²) < 4.78 is 15.1. The number of nitrogens with zero attached hydrogens (tertiary/aromatic N) is 1. The van der Waals surface area contributed by atoms with Gasteiger partial charge in [-0.3, -0.25) is 9.59 Å². The topological polar surface area (TPSA) is 79.3 Å². The van der Waals surface area contributed by atoms with Crippen molar-refractivity contribution in [1.29, 1.82) is 0 Å². The number of fused-ring (bicyclic) bond motifs is 1. The third-order valence-electron chi connectivity index (χ3n) is 5.31. The molecule has 1 fully saturated rings. The quantitative estimate of drug-likeness (QED) is 0.487. The molecule has 2 aromatic carbocycles. The lowest BCUT2D eigenvalue weighted by Gasteiger charge is -2.27. The van der Waals surface area contributed by atoms with Gasteiger partial charge in [0, 0.05) is 11.4 Å². The number of amides is 1. The van der Waals surface area contributed by atoms with Crippen molar-refractivity contribution in [2.75, 3.05) is 5.32 Å². The number of hydrogen-bond acceptors (Lipinski definition) is 5. The fourth-order valence-electron chi connectivity index (χ4n) is 3.79. The molecule has 0 radical (unpaired) electrons. The van der Waals surface area contributed by atoms with Gasteiger partial charge in [-0.05, 0) is 48.7 Å². The molecule has 1 aromatic heterocycles. The van der Waals surface area contributed by atoms with Gasteiger partial charge in [0.1, 0.15) is 5.82 Å². The van der Waals surface area contributed by atoms with Crippen LogP contribution in [0.15, 0.2) is 46.8 Å². The van der Waals surface area contributed by atoms with Crippen LogP contribution in [0.5, 0.6) is 0 Å². The van der Waals surface area contributed by atoms with E-state index in [1.54, 1.807) is 23.9 Å². The van der Waals surface area contributed by atoms with Crippen LogP contribution in [0.4, 0.5) is 10.1 Å². The van der Waals surface area contributed by atoms with E-state index in [-0.39, 0.29) is 11.7 Å². The van der Waals surface area contributed by atoms with Crippen LogP contribution in [0, 0.1) is 17.7 Å². The number of anilines is 1. The number of rotatable bonds is 6. The minimum Gasteiger partial charge on any atom is -0.481 e. The monoisotopic (exact) mass is 444 g/mol. The van der Waals surface area contributed by atoms with Gasteiger partial charge < -0.3 is 10.4 Å². The summed E-state index contributed by atoms with van der Waals surface area (Å²) in [5.74, 6) is -1.86. The van der Waals surface area contributed by atoms with E-state index in [1.807, 2.05) is 18.2 Å². The predicted octanol–water partition coefficient (Wildman–Crippen LogP) is 5.56. The Kier molecular flexibility index (Phi) is 6.34. The second-order valence-corrected chi connectivity index (χ2v) is 9.66. The maximum Gasteiger partial charge on any atom is 0.307 e. The molecule has 0 aliphatic heterocycles. The van der Waals surface area contributed by atoms with Gasteiger partial charge in [0.2, 0.25) is 5.91 Å². The maximum absolute atomic E-state index is 13.3. The summed E-state index contributed by atoms with van der Waals surface area (Å²) in [5.41, 5.74) is 2.38. The zero-order valence-corrected chi connectivity index (χ0v) is 17.8. The van der Waals surface area contributed by atoms with E-state index in [0.29, 0.717) is 24.3 Å². The molecule has 1 heterocycles. The summed E-state index contributed by atoms with van der Waals surface area (Å²) in [6.45, 7) is 0. The molecule has 1 aliphatic rings. The van der Waals surface area contributed by atoms with E-state index < -0.39 is 17.8 Å². The highest BCUT2D eigenvalue weighted by molar-refractivity contribution is 8.00. The molecule has 1 amide bonds. The molecule has 5 nitrogen and oxygen atoms in total. The first kappa shape index (κ1) is 20.8. The van der Waals surface area contributed by atoms with Crippen molar-refractivity contribution in [1.82, 2.24) is 4.98 Å². The SMILES string of the molecule is O=C(O)[C@H]1CCCC[C@H]1C(=O)Nc1ccc2nc(SCc3cccc(F)c3)sc2c1. The molecule has 1 saturated carbocycles. The number of carboxylic acids is 1. The molecule has 8 heteroatoms. The highest BCUT2D eigenvalue weighted by Crippen LogP contribution is 2.34. The number of hydrogen-bond donors (Lipinski definition) is 2. The van der Waals surface area contributed by atoms with Crippen LogP contribution in [-0.2, 0) is 15.3 Å². The van der Waals surface area contributed by atoms with Crippen molar-refractivity contribution >= 4 is 50.9 Å². The van der Waals surface area contributed by atoms with E-state index in [1.165, 1.54) is 23.5 Å². The first-order valence-corrected chi connectivity index (χ1v) is 11.6. The van der Waals surface area contributed by atoms with Crippen molar-refractivity contribution < 1.29 is 19.1 Å². The number of carbonyl (C=O) groups excluding carboxylic acids is 1. The van der Waals surface area contributed by atoms with E-state index in [2.05, 4.69) is 10.3 Å². The van der Waals surface area contributed by atoms with E-state index in [0.717, 1.165) is 33.0 Å².